The summed E-state index contributed by atoms with van der Waals surface area (Å²) in [4.78, 5) is 59.7. The third kappa shape index (κ3) is 3.94. The van der Waals surface area contributed by atoms with Crippen LogP contribution in [0.25, 0.3) is 0 Å². The first-order chi connectivity index (χ1) is 14.2. The van der Waals surface area contributed by atoms with Crippen LogP contribution in [-0.4, -0.2) is 84.4 Å². The number of H-pyrrole nitrogens is 1. The number of hydrogen-bond acceptors (Lipinski definition) is 9. The highest BCUT2D eigenvalue weighted by Crippen LogP contribution is 2.41. The molecule has 0 saturated carbocycles. The topological polar surface area (TPSA) is 200 Å². The second-order valence-electron chi connectivity index (χ2n) is 6.39. The number of aliphatic carboxylic acids is 2. The number of nitrogens with two attached hydrogens (primary N) is 1. The van der Waals surface area contributed by atoms with Gasteiger partial charge in [0.05, 0.1) is 11.9 Å². The maximum Gasteiger partial charge on any atom is 0.344 e. The van der Waals surface area contributed by atoms with Gasteiger partial charge < -0.3 is 36.0 Å². The smallest absolute Gasteiger partial charge is 0.344 e. The van der Waals surface area contributed by atoms with Gasteiger partial charge in [0.1, 0.15) is 17.5 Å². The Labute approximate surface area is 173 Å². The SMILES string of the molecule is C=CC1CSC2[C@H](NC(=O)/C(=N/OCC(=O)O)c3cnc(N)[nH]3)C(=O)N2C1C(=O)O. The lowest BCUT2D eigenvalue weighted by molar-refractivity contribution is -0.163. The first kappa shape index (κ1) is 21.2. The van der Waals surface area contributed by atoms with Crippen LogP contribution in [-0.2, 0) is 24.0 Å². The summed E-state index contributed by atoms with van der Waals surface area (Å²) >= 11 is 1.32. The van der Waals surface area contributed by atoms with E-state index in [0.29, 0.717) is 5.75 Å². The van der Waals surface area contributed by atoms with Gasteiger partial charge in [-0.3, -0.25) is 9.59 Å². The number of imidazole rings is 1. The van der Waals surface area contributed by atoms with E-state index in [2.05, 4.69) is 31.9 Å². The highest BCUT2D eigenvalue weighted by atomic mass is 32.2. The zero-order chi connectivity index (χ0) is 22.0. The number of oxime groups is 1. The van der Waals surface area contributed by atoms with Crippen LogP contribution >= 0.6 is 11.8 Å². The Bertz CT molecular complexity index is 931. The molecular weight excluding hydrogens is 420 g/mol. The fourth-order valence-corrected chi connectivity index (χ4v) is 4.64. The molecule has 1 aromatic rings. The van der Waals surface area contributed by atoms with E-state index in [1.165, 1.54) is 28.9 Å². The van der Waals surface area contributed by atoms with Crippen LogP contribution in [0.15, 0.2) is 24.0 Å². The summed E-state index contributed by atoms with van der Waals surface area (Å²) in [6, 6.07) is -2.05. The zero-order valence-electron chi connectivity index (χ0n) is 15.3. The van der Waals surface area contributed by atoms with E-state index in [0.717, 1.165) is 0 Å². The summed E-state index contributed by atoms with van der Waals surface area (Å²) in [7, 11) is 0. The molecule has 0 bridgehead atoms. The molecule has 14 heteroatoms. The largest absolute Gasteiger partial charge is 0.480 e. The third-order valence-corrected chi connectivity index (χ3v) is 5.91. The number of thioether (sulfide) groups is 1. The molecule has 3 heterocycles. The number of fused-ring (bicyclic) bond motifs is 1. The molecule has 2 fully saturated rings. The van der Waals surface area contributed by atoms with Gasteiger partial charge in [0.25, 0.3) is 5.91 Å². The van der Waals surface area contributed by atoms with E-state index in [-0.39, 0.29) is 17.4 Å². The second kappa shape index (κ2) is 8.44. The standard InChI is InChI=1S/C16H18N6O7S/c1-2-6-5-30-14-10(13(26)22(14)11(6)15(27)28)20-12(25)9(21-29-4-8(23)24)7-3-18-16(17)19-7/h2-3,6,10-11,14H,1,4-5H2,(H,20,25)(H,23,24)(H,27,28)(H3,17,18,19)/b21-9+/t6?,10-,11?,14?/m1/s1. The predicted molar refractivity (Wildman–Crippen MR) is 103 cm³/mol. The highest BCUT2D eigenvalue weighted by Gasteiger charge is 2.57. The maximum atomic E-state index is 12.7. The van der Waals surface area contributed by atoms with Crippen molar-refractivity contribution >= 4 is 47.2 Å². The molecule has 0 spiro atoms. The number of aromatic nitrogens is 2. The lowest BCUT2D eigenvalue weighted by Crippen LogP contribution is -2.76. The van der Waals surface area contributed by atoms with Gasteiger partial charge in [-0.1, -0.05) is 11.2 Å². The molecular formula is C16H18N6O7S. The van der Waals surface area contributed by atoms with Gasteiger partial charge in [-0.15, -0.1) is 18.3 Å². The Kier molecular flexibility index (Phi) is 5.96. The van der Waals surface area contributed by atoms with E-state index in [1.807, 2.05) is 0 Å². The molecule has 2 aliphatic rings. The molecule has 3 rings (SSSR count). The van der Waals surface area contributed by atoms with E-state index >= 15 is 0 Å². The molecule has 3 unspecified atom stereocenters. The Balaban J connectivity index is 1.76. The number of nitrogen functional groups attached to an aromatic ring is 1. The summed E-state index contributed by atoms with van der Waals surface area (Å²) in [6.07, 6.45) is 2.69. The average molecular weight is 438 g/mol. The molecule has 2 amide bonds. The van der Waals surface area contributed by atoms with Gasteiger partial charge in [-0.05, 0) is 0 Å². The highest BCUT2D eigenvalue weighted by molar-refractivity contribution is 8.00. The van der Waals surface area contributed by atoms with E-state index < -0.39 is 53.7 Å². The molecule has 13 nitrogen and oxygen atoms in total. The summed E-state index contributed by atoms with van der Waals surface area (Å²) in [5.41, 5.74) is 5.17. The average Bonchev–Trinajstić information content (AvgIpc) is 3.13. The predicted octanol–water partition coefficient (Wildman–Crippen LogP) is -1.55. The molecule has 1 aromatic heterocycles. The molecule has 30 heavy (non-hydrogen) atoms. The minimum Gasteiger partial charge on any atom is -0.480 e. The Morgan fingerprint density at radius 3 is 2.80 bits per heavy atom. The van der Waals surface area contributed by atoms with E-state index in [4.69, 9.17) is 10.8 Å². The van der Waals surface area contributed by atoms with Gasteiger partial charge in [0.2, 0.25) is 12.5 Å². The van der Waals surface area contributed by atoms with Gasteiger partial charge >= 0.3 is 11.9 Å². The van der Waals surface area contributed by atoms with Crippen molar-refractivity contribution in [1.29, 1.82) is 0 Å². The first-order valence-electron chi connectivity index (χ1n) is 8.57. The molecule has 2 aliphatic heterocycles. The van der Waals surface area contributed by atoms with Crippen molar-refractivity contribution in [2.24, 2.45) is 11.1 Å². The molecule has 160 valence electrons. The van der Waals surface area contributed by atoms with Crippen molar-refractivity contribution in [1.82, 2.24) is 20.2 Å². The van der Waals surface area contributed by atoms with Gasteiger partial charge in [-0.2, -0.15) is 0 Å². The minimum absolute atomic E-state index is 0.0165. The van der Waals surface area contributed by atoms with Crippen LogP contribution in [0.2, 0.25) is 0 Å². The first-order valence-corrected chi connectivity index (χ1v) is 9.62. The molecule has 2 saturated heterocycles. The maximum absolute atomic E-state index is 12.7. The lowest BCUT2D eigenvalue weighted by atomic mass is 9.93. The van der Waals surface area contributed by atoms with Crippen LogP contribution in [0.1, 0.15) is 5.69 Å². The van der Waals surface area contributed by atoms with Crippen molar-refractivity contribution < 1.29 is 34.2 Å². The number of hydrogen-bond donors (Lipinski definition) is 5. The fourth-order valence-electron chi connectivity index (χ4n) is 3.13. The number of amides is 2. The van der Waals surface area contributed by atoms with Gasteiger partial charge in [0.15, 0.2) is 11.7 Å². The molecule has 0 aromatic carbocycles. The Morgan fingerprint density at radius 1 is 1.50 bits per heavy atom. The molecule has 4 atom stereocenters. The summed E-state index contributed by atoms with van der Waals surface area (Å²) < 4.78 is 0. The number of aromatic amines is 1. The van der Waals surface area contributed by atoms with Crippen LogP contribution in [0.3, 0.4) is 0 Å². The summed E-state index contributed by atoms with van der Waals surface area (Å²) in [6.45, 7) is 2.82. The molecule has 0 aliphatic carbocycles. The number of carbonyl (C=O) groups excluding carboxylic acids is 2. The molecule has 6 N–H and O–H groups in total. The van der Waals surface area contributed by atoms with Gasteiger partial charge in [-0.25, -0.2) is 14.6 Å². The number of β-lactam (4-membered cyclic amide) rings is 1. The Hall–Kier alpha value is -3.55. The second-order valence-corrected chi connectivity index (χ2v) is 7.54. The number of anilines is 1. The quantitative estimate of drug-likeness (QED) is 0.137. The number of nitrogens with one attached hydrogen (secondary N) is 2. The summed E-state index contributed by atoms with van der Waals surface area (Å²) in [5.74, 6) is -3.88. The monoisotopic (exact) mass is 438 g/mol. The normalized spacial score (nSPS) is 25.7. The Morgan fingerprint density at radius 2 is 2.23 bits per heavy atom. The van der Waals surface area contributed by atoms with Crippen LogP contribution < -0.4 is 11.1 Å². The van der Waals surface area contributed by atoms with Crippen LogP contribution in [0.5, 0.6) is 0 Å². The van der Waals surface area contributed by atoms with Gasteiger partial charge in [0, 0.05) is 11.7 Å². The minimum atomic E-state index is -1.30. The van der Waals surface area contributed by atoms with Crippen molar-refractivity contribution in [3.8, 4) is 0 Å². The number of rotatable bonds is 8. The summed E-state index contributed by atoms with van der Waals surface area (Å²) in [5, 5.41) is 23.6. The number of carbonyl (C=O) groups is 4. The van der Waals surface area contributed by atoms with Crippen molar-refractivity contribution in [3.05, 3.63) is 24.5 Å². The van der Waals surface area contributed by atoms with Crippen molar-refractivity contribution in [3.63, 3.8) is 0 Å². The van der Waals surface area contributed by atoms with E-state index in [1.54, 1.807) is 0 Å². The van der Waals surface area contributed by atoms with Crippen molar-refractivity contribution in [2.75, 3.05) is 18.1 Å². The van der Waals surface area contributed by atoms with E-state index in [9.17, 15) is 24.3 Å². The third-order valence-electron chi connectivity index (χ3n) is 4.50. The number of carboxylic acids is 2. The number of nitrogens with zero attached hydrogens (tertiary/aromatic N) is 3. The van der Waals surface area contributed by atoms with Crippen molar-refractivity contribution in [2.45, 2.75) is 17.5 Å². The molecule has 0 radical (unpaired) electrons. The fraction of sp³-hybridized carbons (Fsp3) is 0.375. The lowest BCUT2D eigenvalue weighted by Gasteiger charge is -2.53. The number of carboxylic acid groups (broad SMARTS) is 2. The zero-order valence-corrected chi connectivity index (χ0v) is 16.2. The van der Waals surface area contributed by atoms with Crippen LogP contribution in [0.4, 0.5) is 5.95 Å². The van der Waals surface area contributed by atoms with Crippen LogP contribution in [0, 0.1) is 5.92 Å².